The number of nitrogens with one attached hydrogen (secondary N) is 2. The molecule has 1 fully saturated rings. The van der Waals surface area contributed by atoms with Gasteiger partial charge in [0.2, 0.25) is 12.4 Å². The van der Waals surface area contributed by atoms with E-state index in [1.165, 1.54) is 0 Å². The first-order valence-electron chi connectivity index (χ1n) is 9.85. The number of hydroxylamine groups is 2. The van der Waals surface area contributed by atoms with Crippen molar-refractivity contribution in [1.29, 1.82) is 0 Å². The Labute approximate surface area is 169 Å². The maximum atomic E-state index is 12.6. The highest BCUT2D eigenvalue weighted by Crippen LogP contribution is 2.40. The van der Waals surface area contributed by atoms with Gasteiger partial charge in [0, 0.05) is 12.4 Å². The fourth-order valence-electron chi connectivity index (χ4n) is 3.66. The van der Waals surface area contributed by atoms with E-state index in [-0.39, 0.29) is 18.3 Å². The van der Waals surface area contributed by atoms with Crippen LogP contribution in [0.5, 0.6) is 0 Å². The topological polar surface area (TPSA) is 120 Å². The number of carbonyl (C=O) groups is 2. The van der Waals surface area contributed by atoms with E-state index in [0.717, 1.165) is 32.1 Å². The van der Waals surface area contributed by atoms with Crippen LogP contribution in [0.2, 0.25) is 0 Å². The molecule has 2 aromatic rings. The molecule has 9 nitrogen and oxygen atoms in total. The van der Waals surface area contributed by atoms with Crippen LogP contribution in [0.4, 0.5) is 5.95 Å². The Balaban J connectivity index is 1.60. The third kappa shape index (κ3) is 5.26. The molecule has 0 aromatic carbocycles. The summed E-state index contributed by atoms with van der Waals surface area (Å²) in [6.07, 6.45) is 8.50. The number of pyridine rings is 1. The minimum atomic E-state index is -0.947. The van der Waals surface area contributed by atoms with E-state index in [9.17, 15) is 14.8 Å². The number of hydrogen-bond acceptors (Lipinski definition) is 7. The second-order valence-corrected chi connectivity index (χ2v) is 7.26. The molecule has 1 aliphatic rings. The van der Waals surface area contributed by atoms with Crippen molar-refractivity contribution in [3.05, 3.63) is 36.7 Å². The van der Waals surface area contributed by atoms with Gasteiger partial charge in [-0.25, -0.2) is 15.0 Å². The normalized spacial score (nSPS) is 19.0. The highest BCUT2D eigenvalue weighted by atomic mass is 16.5. The van der Waals surface area contributed by atoms with Crippen LogP contribution in [-0.2, 0) is 9.59 Å². The predicted molar refractivity (Wildman–Crippen MR) is 106 cm³/mol. The molecule has 154 valence electrons. The van der Waals surface area contributed by atoms with Gasteiger partial charge in [0.15, 0.2) is 0 Å². The Morgan fingerprint density at radius 1 is 1.28 bits per heavy atom. The maximum Gasteiger partial charge on any atom is 0.264 e. The van der Waals surface area contributed by atoms with Crippen molar-refractivity contribution in [3.8, 4) is 11.4 Å². The number of aromatic nitrogens is 3. The Morgan fingerprint density at radius 3 is 2.79 bits per heavy atom. The molecule has 9 heteroatoms. The van der Waals surface area contributed by atoms with E-state index < -0.39 is 11.9 Å². The number of amides is 2. The van der Waals surface area contributed by atoms with Crippen LogP contribution in [0, 0.1) is 11.8 Å². The lowest BCUT2D eigenvalue weighted by Gasteiger charge is -2.41. The van der Waals surface area contributed by atoms with Gasteiger partial charge in [0.25, 0.3) is 5.91 Å². The lowest BCUT2D eigenvalue weighted by atomic mass is 9.69. The molecule has 0 aliphatic heterocycles. The van der Waals surface area contributed by atoms with E-state index in [2.05, 4.69) is 32.7 Å². The summed E-state index contributed by atoms with van der Waals surface area (Å²) in [5.41, 5.74) is 6.44. The summed E-state index contributed by atoms with van der Waals surface area (Å²) < 4.78 is 0. The molecule has 0 saturated heterocycles. The van der Waals surface area contributed by atoms with Gasteiger partial charge < -0.3 is 0 Å². The number of carbonyl (C=O) groups excluding carboxylic acids is 2. The van der Waals surface area contributed by atoms with E-state index >= 15 is 0 Å². The second-order valence-electron chi connectivity index (χ2n) is 7.26. The average Bonchev–Trinajstić information content (AvgIpc) is 2.74. The molecule has 2 amide bonds. The van der Waals surface area contributed by atoms with Gasteiger partial charge in [0.05, 0.1) is 11.4 Å². The second kappa shape index (κ2) is 9.92. The molecule has 0 radical (unpaired) electrons. The summed E-state index contributed by atoms with van der Waals surface area (Å²) in [6.45, 7) is 2.14. The SMILES string of the molecule is CCCCC1CC(C(C(=O)NNc2nccc(-c3ccccn3)n2)N(O)C=O)C1. The maximum absolute atomic E-state index is 12.6. The Bertz CT molecular complexity index is 813. The monoisotopic (exact) mass is 398 g/mol. The van der Waals surface area contributed by atoms with Crippen molar-refractivity contribution in [2.75, 3.05) is 5.43 Å². The van der Waals surface area contributed by atoms with Crippen molar-refractivity contribution >= 4 is 18.3 Å². The van der Waals surface area contributed by atoms with Crippen LogP contribution in [-0.4, -0.2) is 43.6 Å². The van der Waals surface area contributed by atoms with E-state index in [0.29, 0.717) is 22.4 Å². The van der Waals surface area contributed by atoms with Crippen molar-refractivity contribution in [2.45, 2.75) is 45.1 Å². The Morgan fingerprint density at radius 2 is 2.10 bits per heavy atom. The first-order valence-corrected chi connectivity index (χ1v) is 9.85. The lowest BCUT2D eigenvalue weighted by Crippen LogP contribution is -2.53. The largest absolute Gasteiger partial charge is 0.285 e. The molecule has 29 heavy (non-hydrogen) atoms. The summed E-state index contributed by atoms with van der Waals surface area (Å²) in [6, 6.07) is 6.25. The minimum Gasteiger partial charge on any atom is -0.285 e. The number of hydrazine groups is 1. The lowest BCUT2D eigenvalue weighted by molar-refractivity contribution is -0.177. The van der Waals surface area contributed by atoms with Crippen LogP contribution in [0.1, 0.15) is 39.0 Å². The zero-order valence-corrected chi connectivity index (χ0v) is 16.4. The van der Waals surface area contributed by atoms with Gasteiger partial charge in [-0.2, -0.15) is 0 Å². The Kier molecular flexibility index (Phi) is 7.07. The zero-order chi connectivity index (χ0) is 20.6. The minimum absolute atomic E-state index is 0.0744. The van der Waals surface area contributed by atoms with E-state index in [4.69, 9.17) is 0 Å². The van der Waals surface area contributed by atoms with Gasteiger partial charge in [-0.15, -0.1) is 0 Å². The van der Waals surface area contributed by atoms with E-state index in [1.54, 1.807) is 18.5 Å². The number of unbranched alkanes of at least 4 members (excludes halogenated alkanes) is 1. The molecule has 2 aromatic heterocycles. The van der Waals surface area contributed by atoms with Gasteiger partial charge >= 0.3 is 0 Å². The van der Waals surface area contributed by atoms with Crippen molar-refractivity contribution in [1.82, 2.24) is 25.4 Å². The van der Waals surface area contributed by atoms with Crippen LogP contribution in [0.15, 0.2) is 36.7 Å². The third-order valence-electron chi connectivity index (χ3n) is 5.23. The molecule has 0 spiro atoms. The summed E-state index contributed by atoms with van der Waals surface area (Å²) in [7, 11) is 0. The Hall–Kier alpha value is -3.07. The molecular formula is C20H26N6O3. The quantitative estimate of drug-likeness (QED) is 0.319. The average molecular weight is 398 g/mol. The smallest absolute Gasteiger partial charge is 0.264 e. The molecule has 1 saturated carbocycles. The van der Waals surface area contributed by atoms with Gasteiger partial charge in [-0.05, 0) is 42.9 Å². The van der Waals surface area contributed by atoms with Crippen molar-refractivity contribution in [2.24, 2.45) is 11.8 Å². The molecule has 3 N–H and O–H groups in total. The standard InChI is InChI=1S/C20H26N6O3/c1-2-3-6-14-11-15(12-14)18(26(29)13-27)19(28)24-25-20-22-10-8-17(23-20)16-7-4-5-9-21-16/h4-5,7-10,13-15,18,29H,2-3,6,11-12H2,1H3,(H,24,28)(H,22,23,25). The first-order chi connectivity index (χ1) is 14.1. The van der Waals surface area contributed by atoms with Gasteiger partial charge in [-0.1, -0.05) is 32.3 Å². The zero-order valence-electron chi connectivity index (χ0n) is 16.4. The fourth-order valence-corrected chi connectivity index (χ4v) is 3.66. The molecular weight excluding hydrogens is 372 g/mol. The predicted octanol–water partition coefficient (Wildman–Crippen LogP) is 2.41. The highest BCUT2D eigenvalue weighted by Gasteiger charge is 2.41. The number of rotatable bonds is 10. The molecule has 3 rings (SSSR count). The van der Waals surface area contributed by atoms with Crippen molar-refractivity contribution in [3.63, 3.8) is 0 Å². The molecule has 1 atom stereocenters. The van der Waals surface area contributed by atoms with Crippen molar-refractivity contribution < 1.29 is 14.8 Å². The number of hydrogen-bond donors (Lipinski definition) is 3. The fraction of sp³-hybridized carbons (Fsp3) is 0.450. The van der Waals surface area contributed by atoms with Crippen LogP contribution < -0.4 is 10.9 Å². The van der Waals surface area contributed by atoms with Crippen LogP contribution in [0.25, 0.3) is 11.4 Å². The molecule has 1 aliphatic carbocycles. The molecule has 2 heterocycles. The highest BCUT2D eigenvalue weighted by molar-refractivity contribution is 5.84. The van der Waals surface area contributed by atoms with Crippen LogP contribution in [0.3, 0.4) is 0 Å². The molecule has 0 bridgehead atoms. The summed E-state index contributed by atoms with van der Waals surface area (Å²) in [5, 5.41) is 10.4. The summed E-state index contributed by atoms with van der Waals surface area (Å²) in [5.74, 6) is 0.145. The van der Waals surface area contributed by atoms with Gasteiger partial charge in [0.1, 0.15) is 6.04 Å². The number of anilines is 1. The summed E-state index contributed by atoms with van der Waals surface area (Å²) in [4.78, 5) is 36.3. The van der Waals surface area contributed by atoms with E-state index in [1.807, 2.05) is 18.2 Å². The van der Waals surface area contributed by atoms with Gasteiger partial charge in [-0.3, -0.25) is 30.6 Å². The molecule has 1 unspecified atom stereocenters. The first kappa shape index (κ1) is 20.7. The summed E-state index contributed by atoms with van der Waals surface area (Å²) >= 11 is 0. The third-order valence-corrected chi connectivity index (χ3v) is 5.23. The number of nitrogens with zero attached hydrogens (tertiary/aromatic N) is 4. The van der Waals surface area contributed by atoms with Crippen LogP contribution >= 0.6 is 0 Å².